The van der Waals surface area contributed by atoms with E-state index >= 15 is 0 Å². The maximum Gasteiger partial charge on any atom is 0.0562 e. The van der Waals surface area contributed by atoms with Gasteiger partial charge < -0.3 is 9.47 Å². The monoisotopic (exact) mass is 744 g/mol. The van der Waals surface area contributed by atoms with Crippen molar-refractivity contribution in [2.75, 3.05) is 4.90 Å². The first kappa shape index (κ1) is 33.2. The Morgan fingerprint density at radius 1 is 0.351 bits per heavy atom. The summed E-state index contributed by atoms with van der Waals surface area (Å²) >= 11 is 1.86. The van der Waals surface area contributed by atoms with Crippen LogP contribution in [0.5, 0.6) is 0 Å². The lowest BCUT2D eigenvalue weighted by Crippen LogP contribution is -2.11. The van der Waals surface area contributed by atoms with Gasteiger partial charge in [0, 0.05) is 47.9 Å². The van der Waals surface area contributed by atoms with Crippen LogP contribution in [0.2, 0.25) is 0 Å². The van der Waals surface area contributed by atoms with Crippen LogP contribution in [0.1, 0.15) is 0 Å². The Hall–Kier alpha value is -7.20. The predicted molar refractivity (Wildman–Crippen MR) is 245 cm³/mol. The second kappa shape index (κ2) is 13.8. The van der Waals surface area contributed by atoms with Gasteiger partial charge in [-0.1, -0.05) is 152 Å². The minimum absolute atomic E-state index is 1.10. The fourth-order valence-corrected chi connectivity index (χ4v) is 9.63. The van der Waals surface area contributed by atoms with Crippen molar-refractivity contribution in [2.45, 2.75) is 0 Å². The van der Waals surface area contributed by atoms with Gasteiger partial charge in [-0.05, 0) is 94.5 Å². The molecular formula is C54H36N2S. The van der Waals surface area contributed by atoms with Crippen molar-refractivity contribution in [3.63, 3.8) is 0 Å². The van der Waals surface area contributed by atoms with Crippen LogP contribution in [0.3, 0.4) is 0 Å². The van der Waals surface area contributed by atoms with Crippen LogP contribution in [-0.4, -0.2) is 4.57 Å². The molecule has 0 amide bonds. The predicted octanol–water partition coefficient (Wildman–Crippen LogP) is 15.6. The Labute approximate surface area is 335 Å². The Balaban J connectivity index is 1.08. The lowest BCUT2D eigenvalue weighted by atomic mass is 10.00. The van der Waals surface area contributed by atoms with E-state index in [1.165, 1.54) is 69.8 Å². The Kier molecular flexibility index (Phi) is 8.04. The summed E-state index contributed by atoms with van der Waals surface area (Å²) in [5.74, 6) is 0. The van der Waals surface area contributed by atoms with Crippen LogP contribution in [0.15, 0.2) is 218 Å². The average molecular weight is 745 g/mol. The van der Waals surface area contributed by atoms with E-state index in [0.717, 1.165) is 28.3 Å². The van der Waals surface area contributed by atoms with Crippen molar-refractivity contribution in [3.05, 3.63) is 218 Å². The van der Waals surface area contributed by atoms with Crippen molar-refractivity contribution in [1.29, 1.82) is 0 Å². The molecule has 0 saturated carbocycles. The number of anilines is 3. The molecule has 0 aliphatic carbocycles. The largest absolute Gasteiger partial charge is 0.309 e. The van der Waals surface area contributed by atoms with E-state index in [1.807, 2.05) is 11.3 Å². The first-order chi connectivity index (χ1) is 28.3. The van der Waals surface area contributed by atoms with E-state index in [2.05, 4.69) is 228 Å². The second-order valence-corrected chi connectivity index (χ2v) is 15.6. The molecule has 0 aliphatic heterocycles. The molecule has 11 rings (SSSR count). The molecule has 3 heteroatoms. The first-order valence-corrected chi connectivity index (χ1v) is 20.2. The molecule has 2 heterocycles. The molecule has 2 aromatic heterocycles. The number of rotatable bonds is 7. The zero-order valence-electron chi connectivity index (χ0n) is 31.1. The van der Waals surface area contributed by atoms with Gasteiger partial charge in [0.25, 0.3) is 0 Å². The van der Waals surface area contributed by atoms with E-state index < -0.39 is 0 Å². The third-order valence-electron chi connectivity index (χ3n) is 11.2. The van der Waals surface area contributed by atoms with E-state index in [0.29, 0.717) is 0 Å². The molecule has 0 spiro atoms. The first-order valence-electron chi connectivity index (χ1n) is 19.4. The fraction of sp³-hybridized carbons (Fsp3) is 0. The molecule has 0 saturated heterocycles. The lowest BCUT2D eigenvalue weighted by molar-refractivity contribution is 1.18. The molecule has 9 aromatic carbocycles. The highest BCUT2D eigenvalue weighted by molar-refractivity contribution is 7.25. The Morgan fingerprint density at radius 2 is 0.912 bits per heavy atom. The number of thiophene rings is 1. The number of aromatic nitrogens is 1. The highest BCUT2D eigenvalue weighted by Gasteiger charge is 2.23. The van der Waals surface area contributed by atoms with Crippen molar-refractivity contribution < 1.29 is 0 Å². The molecule has 0 unspecified atom stereocenters. The van der Waals surface area contributed by atoms with Crippen molar-refractivity contribution >= 4 is 70.4 Å². The summed E-state index contributed by atoms with van der Waals surface area (Å²) < 4.78 is 5.08. The summed E-state index contributed by atoms with van der Waals surface area (Å²) in [7, 11) is 0. The number of nitrogens with zero attached hydrogens (tertiary/aromatic N) is 2. The third kappa shape index (κ3) is 5.71. The summed E-state index contributed by atoms with van der Waals surface area (Å²) in [5.41, 5.74) is 14.0. The zero-order chi connectivity index (χ0) is 37.7. The quantitative estimate of drug-likeness (QED) is 0.158. The SMILES string of the molecule is c1ccc(-c2ccc(N(c3ccccc3-c3ccccc3)c3cccc4c3c3ccccc3n4-c3ccc(-c4ccc5sc6ccccc6c5c4)cc3)cc2)cc1. The molecule has 2 nitrogen and oxygen atoms in total. The Bertz CT molecular complexity index is 3210. The lowest BCUT2D eigenvalue weighted by Gasteiger charge is -2.29. The van der Waals surface area contributed by atoms with Crippen molar-refractivity contribution in [2.24, 2.45) is 0 Å². The number of benzene rings is 9. The van der Waals surface area contributed by atoms with Crippen LogP contribution in [0, 0.1) is 0 Å². The standard InChI is InChI=1S/C54H36N2S/c1-3-14-37(15-4-1)38-26-31-42(32-27-38)55(48-21-10-7-18-44(48)40-16-5-2-6-17-40)50-23-13-24-51-54(50)46-20-8-11-22-49(46)56(51)43-33-28-39(29-34-43)41-30-35-53-47(36-41)45-19-9-12-25-52(45)57-53/h1-36H. The maximum atomic E-state index is 2.45. The van der Waals surface area contributed by atoms with E-state index in [9.17, 15) is 0 Å². The summed E-state index contributed by atoms with van der Waals surface area (Å²) in [6.07, 6.45) is 0. The molecule has 0 atom stereocenters. The maximum absolute atomic E-state index is 2.45. The third-order valence-corrected chi connectivity index (χ3v) is 12.4. The van der Waals surface area contributed by atoms with Crippen LogP contribution >= 0.6 is 11.3 Å². The van der Waals surface area contributed by atoms with Gasteiger partial charge in [0.2, 0.25) is 0 Å². The topological polar surface area (TPSA) is 8.17 Å². The molecule has 57 heavy (non-hydrogen) atoms. The molecule has 268 valence electrons. The summed E-state index contributed by atoms with van der Waals surface area (Å²) in [6, 6.07) is 79.4. The summed E-state index contributed by atoms with van der Waals surface area (Å²) in [5, 5.41) is 5.07. The van der Waals surface area contributed by atoms with Gasteiger partial charge in [-0.15, -0.1) is 11.3 Å². The smallest absolute Gasteiger partial charge is 0.0562 e. The summed E-state index contributed by atoms with van der Waals surface area (Å²) in [4.78, 5) is 2.45. The number of fused-ring (bicyclic) bond motifs is 6. The minimum Gasteiger partial charge on any atom is -0.309 e. The average Bonchev–Trinajstić information content (AvgIpc) is 3.83. The van der Waals surface area contributed by atoms with Gasteiger partial charge >= 0.3 is 0 Å². The molecule has 11 aromatic rings. The van der Waals surface area contributed by atoms with E-state index in [1.54, 1.807) is 0 Å². The van der Waals surface area contributed by atoms with Gasteiger partial charge in [0.15, 0.2) is 0 Å². The van der Waals surface area contributed by atoms with Gasteiger partial charge in [-0.3, -0.25) is 0 Å². The van der Waals surface area contributed by atoms with Crippen molar-refractivity contribution in [1.82, 2.24) is 4.57 Å². The number of hydrogen-bond acceptors (Lipinski definition) is 2. The second-order valence-electron chi connectivity index (χ2n) is 14.5. The normalized spacial score (nSPS) is 11.5. The van der Waals surface area contributed by atoms with Crippen LogP contribution < -0.4 is 4.90 Å². The van der Waals surface area contributed by atoms with Crippen molar-refractivity contribution in [3.8, 4) is 39.1 Å². The minimum atomic E-state index is 1.10. The fourth-order valence-electron chi connectivity index (χ4n) is 8.55. The van der Waals surface area contributed by atoms with Crippen LogP contribution in [0.4, 0.5) is 17.1 Å². The van der Waals surface area contributed by atoms with Gasteiger partial charge in [-0.2, -0.15) is 0 Å². The van der Waals surface area contributed by atoms with E-state index in [4.69, 9.17) is 0 Å². The van der Waals surface area contributed by atoms with Gasteiger partial charge in [0.1, 0.15) is 0 Å². The Morgan fingerprint density at radius 3 is 1.72 bits per heavy atom. The number of hydrogen-bond donors (Lipinski definition) is 0. The molecular weight excluding hydrogens is 709 g/mol. The zero-order valence-corrected chi connectivity index (χ0v) is 31.9. The summed E-state index contributed by atoms with van der Waals surface area (Å²) in [6.45, 7) is 0. The molecule has 0 bridgehead atoms. The highest BCUT2D eigenvalue weighted by atomic mass is 32.1. The number of para-hydroxylation sites is 2. The van der Waals surface area contributed by atoms with Crippen LogP contribution in [-0.2, 0) is 0 Å². The highest BCUT2D eigenvalue weighted by Crippen LogP contribution is 2.47. The van der Waals surface area contributed by atoms with Gasteiger partial charge in [0.05, 0.1) is 22.4 Å². The van der Waals surface area contributed by atoms with Gasteiger partial charge in [-0.25, -0.2) is 0 Å². The molecule has 0 N–H and O–H groups in total. The van der Waals surface area contributed by atoms with E-state index in [-0.39, 0.29) is 0 Å². The van der Waals surface area contributed by atoms with Crippen LogP contribution in [0.25, 0.3) is 81.0 Å². The molecule has 0 radical (unpaired) electrons. The molecule has 0 aliphatic rings. The molecule has 0 fully saturated rings.